The van der Waals surface area contributed by atoms with E-state index in [0.29, 0.717) is 12.0 Å². The first-order valence-corrected chi connectivity index (χ1v) is 11.8. The number of ether oxygens (including phenoxy) is 1. The van der Waals surface area contributed by atoms with Gasteiger partial charge in [0, 0.05) is 45.7 Å². The molecular formula is C25H39N5O. The number of benzene rings is 1. The maximum absolute atomic E-state index is 5.37. The Morgan fingerprint density at radius 2 is 2.00 bits per heavy atom. The van der Waals surface area contributed by atoms with Gasteiger partial charge < -0.3 is 19.9 Å². The molecule has 1 heterocycles. The summed E-state index contributed by atoms with van der Waals surface area (Å²) in [7, 11) is 1.80. The number of aryl methyl sites for hydroxylation is 2. The average Bonchev–Trinajstić information content (AvgIpc) is 3.45. The number of guanidine groups is 1. The van der Waals surface area contributed by atoms with Crippen molar-refractivity contribution < 1.29 is 4.74 Å². The molecule has 1 aromatic carbocycles. The molecule has 2 N–H and O–H groups in total. The van der Waals surface area contributed by atoms with Gasteiger partial charge in [-0.25, -0.2) is 9.98 Å². The second-order valence-electron chi connectivity index (χ2n) is 8.62. The van der Waals surface area contributed by atoms with Crippen LogP contribution in [0.15, 0.2) is 47.7 Å². The molecule has 0 radical (unpaired) electrons. The van der Waals surface area contributed by atoms with E-state index in [4.69, 9.17) is 9.73 Å². The van der Waals surface area contributed by atoms with Crippen LogP contribution < -0.4 is 10.6 Å². The van der Waals surface area contributed by atoms with Gasteiger partial charge >= 0.3 is 0 Å². The summed E-state index contributed by atoms with van der Waals surface area (Å²) in [5.41, 5.74) is 1.72. The maximum Gasteiger partial charge on any atom is 0.191 e. The normalized spacial score (nSPS) is 15.9. The van der Waals surface area contributed by atoms with Crippen LogP contribution in [0.5, 0.6) is 0 Å². The fourth-order valence-electron chi connectivity index (χ4n) is 4.51. The average molecular weight is 426 g/mol. The van der Waals surface area contributed by atoms with Gasteiger partial charge in [0.05, 0.1) is 0 Å². The van der Waals surface area contributed by atoms with E-state index >= 15 is 0 Å². The molecule has 1 fully saturated rings. The van der Waals surface area contributed by atoms with Gasteiger partial charge in [-0.2, -0.15) is 0 Å². The minimum Gasteiger partial charge on any atom is -0.385 e. The monoisotopic (exact) mass is 425 g/mol. The molecule has 0 saturated heterocycles. The number of aliphatic imine (C=N–C) groups is 1. The number of methoxy groups -OCH3 is 1. The van der Waals surface area contributed by atoms with Gasteiger partial charge in [-0.05, 0) is 50.0 Å². The molecule has 6 heteroatoms. The molecular weight excluding hydrogens is 386 g/mol. The molecule has 0 spiro atoms. The zero-order valence-corrected chi connectivity index (χ0v) is 19.3. The summed E-state index contributed by atoms with van der Waals surface area (Å²) in [6.07, 6.45) is 12.4. The molecule has 170 valence electrons. The summed E-state index contributed by atoms with van der Waals surface area (Å²) in [5.74, 6) is 1.89. The van der Waals surface area contributed by atoms with Gasteiger partial charge in [-0.15, -0.1) is 0 Å². The van der Waals surface area contributed by atoms with Crippen LogP contribution in [0.3, 0.4) is 0 Å². The SMILES string of the molecule is CCNC(=NCc1nccn1CCCc1ccccc1)NCC1(CCOC)CCCC1. The third-order valence-electron chi connectivity index (χ3n) is 6.36. The minimum atomic E-state index is 0.335. The van der Waals surface area contributed by atoms with Crippen LogP contribution in [-0.2, 0) is 24.2 Å². The Labute approximate surface area is 187 Å². The van der Waals surface area contributed by atoms with Crippen molar-refractivity contribution in [3.8, 4) is 0 Å². The van der Waals surface area contributed by atoms with Gasteiger partial charge in [0.1, 0.15) is 12.4 Å². The number of hydrogen-bond acceptors (Lipinski definition) is 3. The minimum absolute atomic E-state index is 0.335. The van der Waals surface area contributed by atoms with E-state index in [0.717, 1.165) is 57.3 Å². The van der Waals surface area contributed by atoms with Gasteiger partial charge in [0.2, 0.25) is 0 Å². The van der Waals surface area contributed by atoms with Crippen molar-refractivity contribution in [2.45, 2.75) is 65.0 Å². The molecule has 2 aromatic rings. The van der Waals surface area contributed by atoms with E-state index in [-0.39, 0.29) is 0 Å². The van der Waals surface area contributed by atoms with E-state index in [1.165, 1.54) is 31.2 Å². The number of aromatic nitrogens is 2. The predicted molar refractivity (Wildman–Crippen MR) is 127 cm³/mol. The number of rotatable bonds is 12. The van der Waals surface area contributed by atoms with E-state index in [1.54, 1.807) is 7.11 Å². The molecule has 1 saturated carbocycles. The van der Waals surface area contributed by atoms with Crippen molar-refractivity contribution in [1.29, 1.82) is 0 Å². The highest BCUT2D eigenvalue weighted by Gasteiger charge is 2.33. The smallest absolute Gasteiger partial charge is 0.191 e. The molecule has 6 nitrogen and oxygen atoms in total. The molecule has 1 aromatic heterocycles. The van der Waals surface area contributed by atoms with Crippen LogP contribution in [0.1, 0.15) is 56.8 Å². The van der Waals surface area contributed by atoms with Crippen LogP contribution in [-0.4, -0.2) is 42.3 Å². The third kappa shape index (κ3) is 7.39. The van der Waals surface area contributed by atoms with Crippen LogP contribution in [0.25, 0.3) is 0 Å². The lowest BCUT2D eigenvalue weighted by Crippen LogP contribution is -2.43. The third-order valence-corrected chi connectivity index (χ3v) is 6.36. The highest BCUT2D eigenvalue weighted by atomic mass is 16.5. The summed E-state index contributed by atoms with van der Waals surface area (Å²) in [6, 6.07) is 10.7. The Balaban J connectivity index is 1.53. The highest BCUT2D eigenvalue weighted by Crippen LogP contribution is 2.40. The second kappa shape index (κ2) is 12.5. The summed E-state index contributed by atoms with van der Waals surface area (Å²) in [5, 5.41) is 7.00. The second-order valence-corrected chi connectivity index (χ2v) is 8.62. The van der Waals surface area contributed by atoms with Crippen LogP contribution in [0, 0.1) is 5.41 Å². The molecule has 3 rings (SSSR count). The lowest BCUT2D eigenvalue weighted by Gasteiger charge is -2.30. The van der Waals surface area contributed by atoms with Crippen molar-refractivity contribution in [1.82, 2.24) is 20.2 Å². The van der Waals surface area contributed by atoms with Crippen molar-refractivity contribution in [2.75, 3.05) is 26.8 Å². The van der Waals surface area contributed by atoms with E-state index in [2.05, 4.69) is 63.6 Å². The van der Waals surface area contributed by atoms with E-state index in [9.17, 15) is 0 Å². The van der Waals surface area contributed by atoms with Gasteiger partial charge in [0.25, 0.3) is 0 Å². The molecule has 0 unspecified atom stereocenters. The highest BCUT2D eigenvalue weighted by molar-refractivity contribution is 5.79. The van der Waals surface area contributed by atoms with E-state index in [1.807, 2.05) is 6.20 Å². The van der Waals surface area contributed by atoms with Gasteiger partial charge in [-0.3, -0.25) is 0 Å². The Bertz CT molecular complexity index is 780. The van der Waals surface area contributed by atoms with Crippen molar-refractivity contribution in [2.24, 2.45) is 10.4 Å². The Kier molecular flexibility index (Phi) is 9.40. The zero-order chi connectivity index (χ0) is 21.8. The Morgan fingerprint density at radius 1 is 1.19 bits per heavy atom. The number of hydrogen-bond donors (Lipinski definition) is 2. The van der Waals surface area contributed by atoms with Gasteiger partial charge in [-0.1, -0.05) is 43.2 Å². The number of nitrogens with one attached hydrogen (secondary N) is 2. The topological polar surface area (TPSA) is 63.5 Å². The molecule has 1 aliphatic carbocycles. The lowest BCUT2D eigenvalue weighted by atomic mass is 9.83. The summed E-state index contributed by atoms with van der Waals surface area (Å²) in [4.78, 5) is 9.38. The number of imidazole rings is 1. The molecule has 0 aliphatic heterocycles. The quantitative estimate of drug-likeness (QED) is 0.396. The maximum atomic E-state index is 5.37. The molecule has 0 amide bonds. The Morgan fingerprint density at radius 3 is 2.74 bits per heavy atom. The first kappa shape index (κ1) is 23.3. The van der Waals surface area contributed by atoms with Crippen molar-refractivity contribution >= 4 is 5.96 Å². The first-order valence-electron chi connectivity index (χ1n) is 11.8. The fourth-order valence-corrected chi connectivity index (χ4v) is 4.51. The standard InChI is InChI=1S/C25H39N5O/c1-3-26-24(29-21-25(15-19-31-2)13-7-8-14-25)28-20-23-27-16-18-30(23)17-9-12-22-10-5-4-6-11-22/h4-6,10-11,16,18H,3,7-9,12-15,17,19-21H2,1-2H3,(H2,26,28,29). The number of nitrogens with zero attached hydrogens (tertiary/aromatic N) is 3. The largest absolute Gasteiger partial charge is 0.385 e. The summed E-state index contributed by atoms with van der Waals surface area (Å²) in [6.45, 7) is 6.28. The van der Waals surface area contributed by atoms with Crippen molar-refractivity contribution in [3.05, 3.63) is 54.1 Å². The molecule has 1 aliphatic rings. The van der Waals surface area contributed by atoms with Crippen LogP contribution >= 0.6 is 0 Å². The fraction of sp³-hybridized carbons (Fsp3) is 0.600. The van der Waals surface area contributed by atoms with E-state index < -0.39 is 0 Å². The summed E-state index contributed by atoms with van der Waals surface area (Å²) < 4.78 is 7.60. The molecule has 0 atom stereocenters. The van der Waals surface area contributed by atoms with Crippen molar-refractivity contribution in [3.63, 3.8) is 0 Å². The predicted octanol–water partition coefficient (Wildman–Crippen LogP) is 4.17. The lowest BCUT2D eigenvalue weighted by molar-refractivity contribution is 0.138. The molecule has 31 heavy (non-hydrogen) atoms. The molecule has 0 bridgehead atoms. The zero-order valence-electron chi connectivity index (χ0n) is 19.3. The van der Waals surface area contributed by atoms with Gasteiger partial charge in [0.15, 0.2) is 5.96 Å². The van der Waals surface area contributed by atoms with Crippen LogP contribution in [0.2, 0.25) is 0 Å². The Hall–Kier alpha value is -2.34. The van der Waals surface area contributed by atoms with Crippen LogP contribution in [0.4, 0.5) is 0 Å². The summed E-state index contributed by atoms with van der Waals surface area (Å²) >= 11 is 0. The first-order chi connectivity index (χ1) is 15.2.